The lowest BCUT2D eigenvalue weighted by Crippen LogP contribution is -2.24. The lowest BCUT2D eigenvalue weighted by atomic mass is 10.1. The van der Waals surface area contributed by atoms with E-state index in [0.717, 1.165) is 0 Å². The van der Waals surface area contributed by atoms with Gasteiger partial charge in [-0.25, -0.2) is 4.79 Å². The van der Waals surface area contributed by atoms with E-state index < -0.39 is 5.97 Å². The molecule has 0 spiro atoms. The van der Waals surface area contributed by atoms with E-state index in [4.69, 9.17) is 9.15 Å². The minimum Gasteiger partial charge on any atom is -0.465 e. The van der Waals surface area contributed by atoms with E-state index in [9.17, 15) is 9.59 Å². The zero-order chi connectivity index (χ0) is 17.1. The maximum Gasteiger partial charge on any atom is 0.340 e. The summed E-state index contributed by atoms with van der Waals surface area (Å²) < 4.78 is 10.4. The van der Waals surface area contributed by atoms with Crippen molar-refractivity contribution < 1.29 is 18.7 Å². The van der Waals surface area contributed by atoms with Gasteiger partial charge in [0.2, 0.25) is 0 Å². The van der Waals surface area contributed by atoms with Crippen molar-refractivity contribution in [2.24, 2.45) is 0 Å². The van der Waals surface area contributed by atoms with Crippen LogP contribution in [-0.4, -0.2) is 18.5 Å². The molecule has 0 fully saturated rings. The molecule has 122 valence electrons. The minimum atomic E-state index is -0.514. The van der Waals surface area contributed by atoms with Gasteiger partial charge in [-0.05, 0) is 44.2 Å². The van der Waals surface area contributed by atoms with Crippen molar-refractivity contribution >= 4 is 23.6 Å². The number of hydrogen-bond donors (Lipinski definition) is 0. The quantitative estimate of drug-likeness (QED) is 0.638. The highest BCUT2D eigenvalue weighted by Gasteiger charge is 2.38. The van der Waals surface area contributed by atoms with Gasteiger partial charge < -0.3 is 9.15 Å². The molecule has 5 heteroatoms. The van der Waals surface area contributed by atoms with Gasteiger partial charge in [0.25, 0.3) is 5.91 Å². The number of esters is 1. The summed E-state index contributed by atoms with van der Waals surface area (Å²) in [6.45, 7) is 3.71. The largest absolute Gasteiger partial charge is 0.465 e. The van der Waals surface area contributed by atoms with Crippen LogP contribution in [0.25, 0.3) is 6.08 Å². The molecule has 1 aromatic carbocycles. The molecule has 0 atom stereocenters. The van der Waals surface area contributed by atoms with Crippen LogP contribution < -0.4 is 4.90 Å². The number of carbonyl (C=O) groups excluding carboxylic acids is 2. The summed E-state index contributed by atoms with van der Waals surface area (Å²) in [6, 6.07) is 12.6. The van der Waals surface area contributed by atoms with E-state index in [0.29, 0.717) is 17.1 Å². The minimum absolute atomic E-state index is 0.239. The zero-order valence-corrected chi connectivity index (χ0v) is 13.5. The highest BCUT2D eigenvalue weighted by Crippen LogP contribution is 2.35. The van der Waals surface area contributed by atoms with Gasteiger partial charge in [0.1, 0.15) is 5.76 Å². The highest BCUT2D eigenvalue weighted by atomic mass is 16.5. The second-order valence-corrected chi connectivity index (χ2v) is 5.23. The fourth-order valence-electron chi connectivity index (χ4n) is 2.68. The van der Waals surface area contributed by atoms with E-state index in [1.165, 1.54) is 11.2 Å². The molecule has 0 bridgehead atoms. The first-order valence-electron chi connectivity index (χ1n) is 7.66. The molecular formula is C19H17NO4. The van der Waals surface area contributed by atoms with E-state index in [-0.39, 0.29) is 23.7 Å². The number of rotatable bonds is 4. The summed E-state index contributed by atoms with van der Waals surface area (Å²) in [6.07, 6.45) is 3.09. The van der Waals surface area contributed by atoms with Crippen LogP contribution in [-0.2, 0) is 14.3 Å². The molecule has 5 nitrogen and oxygen atoms in total. The topological polar surface area (TPSA) is 59.8 Å². The Morgan fingerprint density at radius 3 is 2.58 bits per heavy atom. The summed E-state index contributed by atoms with van der Waals surface area (Å²) in [7, 11) is 0. The molecule has 0 saturated carbocycles. The van der Waals surface area contributed by atoms with Crippen LogP contribution in [0, 0.1) is 0 Å². The van der Waals surface area contributed by atoms with Crippen LogP contribution in [0.5, 0.6) is 0 Å². The van der Waals surface area contributed by atoms with Gasteiger partial charge in [0.05, 0.1) is 24.0 Å². The van der Waals surface area contributed by atoms with Gasteiger partial charge >= 0.3 is 5.97 Å². The first-order chi connectivity index (χ1) is 11.6. The highest BCUT2D eigenvalue weighted by molar-refractivity contribution is 6.23. The molecule has 0 aliphatic carbocycles. The second kappa shape index (κ2) is 6.58. The maximum absolute atomic E-state index is 12.9. The van der Waals surface area contributed by atoms with Crippen LogP contribution in [0.2, 0.25) is 0 Å². The fourth-order valence-corrected chi connectivity index (χ4v) is 2.68. The molecule has 1 amide bonds. The molecule has 0 saturated heterocycles. The molecule has 24 heavy (non-hydrogen) atoms. The smallest absolute Gasteiger partial charge is 0.340 e. The normalized spacial score (nSPS) is 16.2. The van der Waals surface area contributed by atoms with Crippen LogP contribution >= 0.6 is 0 Å². The van der Waals surface area contributed by atoms with Gasteiger partial charge in [0, 0.05) is 11.4 Å². The summed E-state index contributed by atoms with van der Waals surface area (Å²) in [5.74, 6) is -0.291. The third-order valence-electron chi connectivity index (χ3n) is 3.72. The molecule has 2 aromatic rings. The third kappa shape index (κ3) is 2.76. The Morgan fingerprint density at radius 1 is 1.21 bits per heavy atom. The Bertz CT molecular complexity index is 816. The Hall–Kier alpha value is -3.08. The second-order valence-electron chi connectivity index (χ2n) is 5.23. The standard InChI is InChI=1S/C19H17NO4/c1-3-23-19(22)17-13(2)20(14-8-5-4-6-9-14)18(21)16(17)12-15-10-7-11-24-15/h4-12H,3H2,1-2H3/b16-12-. The van der Waals surface area contributed by atoms with Crippen molar-refractivity contribution in [1.29, 1.82) is 0 Å². The summed E-state index contributed by atoms with van der Waals surface area (Å²) >= 11 is 0. The molecule has 0 N–H and O–H groups in total. The van der Waals surface area contributed by atoms with Gasteiger partial charge in [-0.3, -0.25) is 9.69 Å². The van der Waals surface area contributed by atoms with Crippen LogP contribution in [0.15, 0.2) is 70.0 Å². The van der Waals surface area contributed by atoms with Crippen molar-refractivity contribution in [2.45, 2.75) is 13.8 Å². The number of allylic oxidation sites excluding steroid dienone is 1. The van der Waals surface area contributed by atoms with Crippen molar-refractivity contribution in [3.05, 3.63) is 71.3 Å². The summed E-state index contributed by atoms with van der Waals surface area (Å²) in [5, 5.41) is 0. The van der Waals surface area contributed by atoms with Gasteiger partial charge in [-0.2, -0.15) is 0 Å². The predicted octanol–water partition coefficient (Wildman–Crippen LogP) is 3.55. The number of carbonyl (C=O) groups is 2. The molecule has 2 heterocycles. The van der Waals surface area contributed by atoms with Crippen molar-refractivity contribution in [2.75, 3.05) is 11.5 Å². The zero-order valence-electron chi connectivity index (χ0n) is 13.5. The SMILES string of the molecule is CCOC(=O)C1=C(C)N(c2ccccc2)C(=O)/C1=C\c1ccco1. The summed E-state index contributed by atoms with van der Waals surface area (Å²) in [5.41, 5.74) is 1.78. The number of hydrogen-bond acceptors (Lipinski definition) is 4. The fraction of sp³-hybridized carbons (Fsp3) is 0.158. The van der Waals surface area contributed by atoms with Gasteiger partial charge in [-0.15, -0.1) is 0 Å². The number of anilines is 1. The maximum atomic E-state index is 12.9. The van der Waals surface area contributed by atoms with Crippen LogP contribution in [0.4, 0.5) is 5.69 Å². The van der Waals surface area contributed by atoms with E-state index in [2.05, 4.69) is 0 Å². The first kappa shape index (κ1) is 15.8. The van der Waals surface area contributed by atoms with E-state index in [1.807, 2.05) is 30.3 Å². The lowest BCUT2D eigenvalue weighted by Gasteiger charge is -2.17. The molecule has 1 aromatic heterocycles. The van der Waals surface area contributed by atoms with Gasteiger partial charge in [-0.1, -0.05) is 18.2 Å². The number of amides is 1. The number of para-hydroxylation sites is 1. The lowest BCUT2D eigenvalue weighted by molar-refractivity contribution is -0.138. The molecule has 1 aliphatic heterocycles. The molecule has 3 rings (SSSR count). The van der Waals surface area contributed by atoms with Crippen molar-refractivity contribution in [1.82, 2.24) is 0 Å². The number of ether oxygens (including phenoxy) is 1. The number of furan rings is 1. The molecule has 0 unspecified atom stereocenters. The average molecular weight is 323 g/mol. The Balaban J connectivity index is 2.11. The number of nitrogens with zero attached hydrogens (tertiary/aromatic N) is 1. The Kier molecular flexibility index (Phi) is 4.33. The molecule has 1 aliphatic rings. The van der Waals surface area contributed by atoms with E-state index in [1.54, 1.807) is 32.1 Å². The third-order valence-corrected chi connectivity index (χ3v) is 3.72. The molecule has 0 radical (unpaired) electrons. The van der Waals surface area contributed by atoms with Crippen LogP contribution in [0.1, 0.15) is 19.6 Å². The van der Waals surface area contributed by atoms with E-state index >= 15 is 0 Å². The Labute approximate surface area is 139 Å². The van der Waals surface area contributed by atoms with Crippen LogP contribution in [0.3, 0.4) is 0 Å². The van der Waals surface area contributed by atoms with Crippen molar-refractivity contribution in [3.8, 4) is 0 Å². The van der Waals surface area contributed by atoms with Gasteiger partial charge in [0.15, 0.2) is 0 Å². The monoisotopic (exact) mass is 323 g/mol. The first-order valence-corrected chi connectivity index (χ1v) is 7.66. The number of benzene rings is 1. The average Bonchev–Trinajstić information content (AvgIpc) is 3.16. The summed E-state index contributed by atoms with van der Waals surface area (Å²) in [4.78, 5) is 26.8. The van der Waals surface area contributed by atoms with Crippen molar-refractivity contribution in [3.63, 3.8) is 0 Å². The predicted molar refractivity (Wildman–Crippen MR) is 89.9 cm³/mol. The Morgan fingerprint density at radius 2 is 1.96 bits per heavy atom. The molecular weight excluding hydrogens is 306 g/mol.